The molecule has 1 unspecified atom stereocenters. The van der Waals surface area contributed by atoms with Gasteiger partial charge in [0.2, 0.25) is 5.91 Å². The fraction of sp³-hybridized carbons (Fsp3) is 0.714. The van der Waals surface area contributed by atoms with E-state index in [1.165, 1.54) is 0 Å². The van der Waals surface area contributed by atoms with Crippen molar-refractivity contribution in [2.45, 2.75) is 98.2 Å². The van der Waals surface area contributed by atoms with E-state index >= 15 is 0 Å². The number of fused-ring (bicyclic) bond motifs is 1. The molecule has 1 amide bonds. The van der Waals surface area contributed by atoms with Gasteiger partial charge in [0.15, 0.2) is 11.2 Å². The molecule has 0 radical (unpaired) electrons. The van der Waals surface area contributed by atoms with Gasteiger partial charge >= 0.3 is 5.69 Å². The van der Waals surface area contributed by atoms with Crippen LogP contribution in [0.25, 0.3) is 11.2 Å². The van der Waals surface area contributed by atoms with Crippen LogP contribution in [0.5, 0.6) is 0 Å². The summed E-state index contributed by atoms with van der Waals surface area (Å²) in [7, 11) is 0. The number of hydrogen-bond donors (Lipinski definition) is 2. The van der Waals surface area contributed by atoms with E-state index in [2.05, 4.69) is 29.1 Å². The number of amides is 1. The summed E-state index contributed by atoms with van der Waals surface area (Å²) in [6.45, 7) is 9.36. The third-order valence-electron chi connectivity index (χ3n) is 5.28. The molecular formula is C21H35N5O3. The molecule has 0 spiro atoms. The quantitative estimate of drug-likeness (QED) is 0.530. The molecule has 0 saturated carbocycles. The van der Waals surface area contributed by atoms with Crippen LogP contribution in [-0.4, -0.2) is 31.1 Å². The van der Waals surface area contributed by atoms with Crippen molar-refractivity contribution in [3.8, 4) is 0 Å². The SMILES string of the molecule is CCCCCn1c(CCC(=O)NC(C)CC)nc2c1c(=O)[nH]c(=O)n2CCCC. The van der Waals surface area contributed by atoms with E-state index in [0.29, 0.717) is 42.9 Å². The highest BCUT2D eigenvalue weighted by atomic mass is 16.2. The highest BCUT2D eigenvalue weighted by Gasteiger charge is 2.19. The van der Waals surface area contributed by atoms with E-state index in [4.69, 9.17) is 0 Å². The second-order valence-corrected chi connectivity index (χ2v) is 7.70. The van der Waals surface area contributed by atoms with Crippen LogP contribution in [0.3, 0.4) is 0 Å². The lowest BCUT2D eigenvalue weighted by molar-refractivity contribution is -0.121. The minimum Gasteiger partial charge on any atom is -0.354 e. The van der Waals surface area contributed by atoms with Crippen molar-refractivity contribution < 1.29 is 4.79 Å². The zero-order chi connectivity index (χ0) is 21.4. The molecule has 2 aromatic heterocycles. The molecule has 2 rings (SSSR count). The van der Waals surface area contributed by atoms with Crippen molar-refractivity contribution in [2.24, 2.45) is 0 Å². The zero-order valence-corrected chi connectivity index (χ0v) is 18.2. The van der Waals surface area contributed by atoms with Crippen LogP contribution >= 0.6 is 0 Å². The predicted molar refractivity (Wildman–Crippen MR) is 115 cm³/mol. The fourth-order valence-corrected chi connectivity index (χ4v) is 3.37. The van der Waals surface area contributed by atoms with Gasteiger partial charge in [-0.15, -0.1) is 0 Å². The van der Waals surface area contributed by atoms with Crippen molar-refractivity contribution in [3.05, 3.63) is 26.7 Å². The summed E-state index contributed by atoms with van der Waals surface area (Å²) in [5.74, 6) is 0.667. The van der Waals surface area contributed by atoms with E-state index in [1.54, 1.807) is 4.57 Å². The molecule has 2 heterocycles. The molecule has 0 saturated heterocycles. The van der Waals surface area contributed by atoms with Gasteiger partial charge in [-0.1, -0.05) is 40.0 Å². The first-order valence-corrected chi connectivity index (χ1v) is 10.9. The molecule has 0 aliphatic heterocycles. The lowest BCUT2D eigenvalue weighted by Crippen LogP contribution is -2.32. The first-order chi connectivity index (χ1) is 13.9. The second kappa shape index (κ2) is 11.0. The summed E-state index contributed by atoms with van der Waals surface area (Å²) in [6.07, 6.45) is 6.41. The first-order valence-electron chi connectivity index (χ1n) is 10.9. The Morgan fingerprint density at radius 2 is 1.76 bits per heavy atom. The summed E-state index contributed by atoms with van der Waals surface area (Å²) in [5, 5.41) is 2.97. The molecular weight excluding hydrogens is 370 g/mol. The number of rotatable bonds is 12. The third-order valence-corrected chi connectivity index (χ3v) is 5.28. The van der Waals surface area contributed by atoms with E-state index in [9.17, 15) is 14.4 Å². The Bertz CT molecular complexity index is 925. The molecule has 8 nitrogen and oxygen atoms in total. The molecule has 8 heteroatoms. The molecule has 0 fully saturated rings. The van der Waals surface area contributed by atoms with Gasteiger partial charge in [0.1, 0.15) is 5.82 Å². The van der Waals surface area contributed by atoms with Gasteiger partial charge in [0.05, 0.1) is 0 Å². The molecule has 0 aliphatic rings. The van der Waals surface area contributed by atoms with E-state index in [0.717, 1.165) is 38.5 Å². The Balaban J connectivity index is 2.42. The molecule has 2 aromatic rings. The van der Waals surface area contributed by atoms with Crippen LogP contribution in [0.1, 0.15) is 78.5 Å². The summed E-state index contributed by atoms with van der Waals surface area (Å²) >= 11 is 0. The third kappa shape index (κ3) is 5.81. The Morgan fingerprint density at radius 3 is 2.41 bits per heavy atom. The van der Waals surface area contributed by atoms with Crippen molar-refractivity contribution >= 4 is 17.1 Å². The number of unbranched alkanes of at least 4 members (excludes halogenated alkanes) is 3. The number of aromatic amines is 1. The highest BCUT2D eigenvalue weighted by molar-refractivity contribution is 5.76. The number of nitrogens with one attached hydrogen (secondary N) is 2. The van der Waals surface area contributed by atoms with Crippen molar-refractivity contribution in [1.82, 2.24) is 24.4 Å². The minimum atomic E-state index is -0.421. The Morgan fingerprint density at radius 1 is 1.07 bits per heavy atom. The van der Waals surface area contributed by atoms with Crippen molar-refractivity contribution in [3.63, 3.8) is 0 Å². The maximum absolute atomic E-state index is 12.6. The number of imidazole rings is 1. The van der Waals surface area contributed by atoms with E-state index < -0.39 is 11.2 Å². The van der Waals surface area contributed by atoms with Gasteiger partial charge in [0.25, 0.3) is 5.56 Å². The van der Waals surface area contributed by atoms with Crippen LogP contribution in [0, 0.1) is 0 Å². The molecule has 162 valence electrons. The average molecular weight is 406 g/mol. The number of nitrogens with zero attached hydrogens (tertiary/aromatic N) is 3. The normalized spacial score (nSPS) is 12.4. The first kappa shape index (κ1) is 22.9. The maximum Gasteiger partial charge on any atom is 0.330 e. The minimum absolute atomic E-state index is 0.0243. The second-order valence-electron chi connectivity index (χ2n) is 7.70. The molecule has 1 atom stereocenters. The van der Waals surface area contributed by atoms with Gasteiger partial charge in [0, 0.05) is 32.0 Å². The summed E-state index contributed by atoms with van der Waals surface area (Å²) < 4.78 is 3.46. The number of aromatic nitrogens is 4. The van der Waals surface area contributed by atoms with Gasteiger partial charge in [-0.3, -0.25) is 19.1 Å². The van der Waals surface area contributed by atoms with E-state index in [1.807, 2.05) is 18.4 Å². The van der Waals surface area contributed by atoms with Gasteiger partial charge in [-0.2, -0.15) is 0 Å². The number of hydrogen-bond acceptors (Lipinski definition) is 4. The summed E-state index contributed by atoms with van der Waals surface area (Å²) in [4.78, 5) is 44.3. The standard InChI is InChI=1S/C21H35N5O3/c1-5-8-10-14-25-16(11-12-17(27)22-15(4)7-3)23-19-18(25)20(28)24-21(29)26(19)13-9-6-2/h15H,5-14H2,1-4H3,(H,22,27)(H,24,28,29). The van der Waals surface area contributed by atoms with Crippen LogP contribution in [0.2, 0.25) is 0 Å². The summed E-state index contributed by atoms with van der Waals surface area (Å²) in [6, 6.07) is 0.132. The van der Waals surface area contributed by atoms with Crippen LogP contribution in [-0.2, 0) is 24.3 Å². The smallest absolute Gasteiger partial charge is 0.330 e. The number of carbonyl (C=O) groups excluding carboxylic acids is 1. The number of carbonyl (C=O) groups is 1. The molecule has 0 aliphatic carbocycles. The number of aryl methyl sites for hydroxylation is 3. The Kier molecular flexibility index (Phi) is 8.67. The lowest BCUT2D eigenvalue weighted by Gasteiger charge is -2.12. The zero-order valence-electron chi connectivity index (χ0n) is 18.2. The highest BCUT2D eigenvalue weighted by Crippen LogP contribution is 2.15. The monoisotopic (exact) mass is 405 g/mol. The van der Waals surface area contributed by atoms with Crippen molar-refractivity contribution in [1.29, 1.82) is 0 Å². The maximum atomic E-state index is 12.6. The van der Waals surface area contributed by atoms with Gasteiger partial charge < -0.3 is 9.88 Å². The topological polar surface area (TPSA) is 102 Å². The largest absolute Gasteiger partial charge is 0.354 e. The molecule has 0 aromatic carbocycles. The Labute approximate surface area is 171 Å². The molecule has 29 heavy (non-hydrogen) atoms. The molecule has 2 N–H and O–H groups in total. The van der Waals surface area contributed by atoms with Gasteiger partial charge in [-0.05, 0) is 26.2 Å². The predicted octanol–water partition coefficient (Wildman–Crippen LogP) is 2.72. The van der Waals surface area contributed by atoms with E-state index in [-0.39, 0.29) is 11.9 Å². The summed E-state index contributed by atoms with van der Waals surface area (Å²) in [5.41, 5.74) is 0.0439. The average Bonchev–Trinajstić information content (AvgIpc) is 3.05. The van der Waals surface area contributed by atoms with Crippen molar-refractivity contribution in [2.75, 3.05) is 0 Å². The lowest BCUT2D eigenvalue weighted by atomic mass is 10.2. The van der Waals surface area contributed by atoms with Crippen LogP contribution < -0.4 is 16.6 Å². The van der Waals surface area contributed by atoms with Crippen LogP contribution in [0.15, 0.2) is 9.59 Å². The Hall–Kier alpha value is -2.38. The number of H-pyrrole nitrogens is 1. The molecule has 0 bridgehead atoms. The van der Waals surface area contributed by atoms with Crippen LogP contribution in [0.4, 0.5) is 0 Å². The van der Waals surface area contributed by atoms with Gasteiger partial charge in [-0.25, -0.2) is 9.78 Å². The fourth-order valence-electron chi connectivity index (χ4n) is 3.37.